The van der Waals surface area contributed by atoms with Crippen LogP contribution < -0.4 is 0 Å². The highest BCUT2D eigenvalue weighted by molar-refractivity contribution is 14.1. The van der Waals surface area contributed by atoms with Gasteiger partial charge < -0.3 is 0 Å². The fourth-order valence-electron chi connectivity index (χ4n) is 6.47. The third kappa shape index (κ3) is 7.78. The van der Waals surface area contributed by atoms with Crippen LogP contribution in [-0.2, 0) is 0 Å². The second-order valence-corrected chi connectivity index (χ2v) is 12.9. The average molecular weight is 618 g/mol. The van der Waals surface area contributed by atoms with E-state index >= 15 is 0 Å². The third-order valence-electron chi connectivity index (χ3n) is 8.01. The molecule has 7 atom stereocenters. The van der Waals surface area contributed by atoms with Gasteiger partial charge in [-0.25, -0.2) is 0 Å². The summed E-state index contributed by atoms with van der Waals surface area (Å²) >= 11 is 10.2. The van der Waals surface area contributed by atoms with Gasteiger partial charge in [0, 0.05) is 5.25 Å². The number of halogens is 2. The topological polar surface area (TPSA) is 0 Å². The van der Waals surface area contributed by atoms with Gasteiger partial charge in [0.1, 0.15) is 0 Å². The zero-order valence-electron chi connectivity index (χ0n) is 18.0. The largest absolute Gasteiger partial charge is 0.176 e. The quantitative estimate of drug-likeness (QED) is 0.108. The lowest BCUT2D eigenvalue weighted by Crippen LogP contribution is -2.31. The Kier molecular flexibility index (Phi) is 12.3. The Morgan fingerprint density at radius 3 is 2.19 bits per heavy atom. The maximum absolute atomic E-state index is 5.06. The molecule has 2 aliphatic rings. The van der Waals surface area contributed by atoms with E-state index in [4.69, 9.17) is 12.6 Å². The number of alkyl halides is 2. The third-order valence-corrected chi connectivity index (χ3v) is 9.64. The molecule has 0 aromatic heterocycles. The summed E-state index contributed by atoms with van der Waals surface area (Å²) in [5.74, 6) is 6.58. The first-order valence-electron chi connectivity index (χ1n) is 11.8. The van der Waals surface area contributed by atoms with Crippen LogP contribution in [0, 0.1) is 41.4 Å². The van der Waals surface area contributed by atoms with Crippen molar-refractivity contribution in [2.45, 2.75) is 96.7 Å². The average Bonchev–Trinajstić information content (AvgIpc) is 3.09. The Morgan fingerprint density at radius 1 is 0.926 bits per heavy atom. The van der Waals surface area contributed by atoms with E-state index in [0.717, 1.165) is 41.4 Å². The minimum atomic E-state index is 0.558. The maximum atomic E-state index is 5.06. The van der Waals surface area contributed by atoms with Gasteiger partial charge in [-0.15, -0.1) is 0 Å². The van der Waals surface area contributed by atoms with Crippen molar-refractivity contribution in [3.63, 3.8) is 0 Å². The molecule has 0 spiro atoms. The van der Waals surface area contributed by atoms with Crippen molar-refractivity contribution in [2.75, 3.05) is 8.86 Å². The lowest BCUT2D eigenvalue weighted by atomic mass is 9.70. The van der Waals surface area contributed by atoms with Crippen LogP contribution in [0.5, 0.6) is 0 Å². The highest BCUT2D eigenvalue weighted by Gasteiger charge is 2.40. The molecule has 0 bridgehead atoms. The Balaban J connectivity index is 2.21. The summed E-state index contributed by atoms with van der Waals surface area (Å²) in [5.41, 5.74) is 0. The molecule has 3 heteroatoms. The minimum Gasteiger partial charge on any atom is -0.176 e. The summed E-state index contributed by atoms with van der Waals surface area (Å²) in [6.07, 6.45) is 16.2. The van der Waals surface area contributed by atoms with E-state index in [1.54, 1.807) is 0 Å². The molecule has 5 unspecified atom stereocenters. The van der Waals surface area contributed by atoms with Gasteiger partial charge >= 0.3 is 0 Å². The van der Waals surface area contributed by atoms with Gasteiger partial charge in [-0.1, -0.05) is 98.1 Å². The molecule has 2 rings (SSSR count). The molecule has 0 saturated heterocycles. The maximum Gasteiger partial charge on any atom is 0.00195 e. The number of hydrogen-bond acceptors (Lipinski definition) is 1. The lowest BCUT2D eigenvalue weighted by Gasteiger charge is -2.38. The van der Waals surface area contributed by atoms with E-state index < -0.39 is 0 Å². The first-order chi connectivity index (χ1) is 13.0. The smallest absolute Gasteiger partial charge is 0.00195 e. The van der Waals surface area contributed by atoms with Gasteiger partial charge in [-0.3, -0.25) is 0 Å². The van der Waals surface area contributed by atoms with Crippen molar-refractivity contribution in [1.82, 2.24) is 0 Å². The van der Waals surface area contributed by atoms with E-state index in [1.165, 1.54) is 79.5 Å². The molecule has 0 aliphatic heterocycles. The number of rotatable bonds is 10. The second kappa shape index (κ2) is 13.3. The molecule has 2 saturated carbocycles. The molecule has 2 aliphatic carbocycles. The first-order valence-corrected chi connectivity index (χ1v) is 15.4. The fourth-order valence-corrected chi connectivity index (χ4v) is 8.76. The molecular weight excluding hydrogens is 574 g/mol. The van der Waals surface area contributed by atoms with Gasteiger partial charge in [0.15, 0.2) is 0 Å². The van der Waals surface area contributed by atoms with Gasteiger partial charge in [0.2, 0.25) is 0 Å². The summed E-state index contributed by atoms with van der Waals surface area (Å²) in [4.78, 5) is 0. The van der Waals surface area contributed by atoms with Crippen LogP contribution in [-0.4, -0.2) is 14.1 Å². The fraction of sp³-hybridized carbons (Fsp3) is 1.00. The van der Waals surface area contributed by atoms with Gasteiger partial charge in [0.05, 0.1) is 0 Å². The molecule has 0 aromatic rings. The van der Waals surface area contributed by atoms with Crippen LogP contribution in [0.25, 0.3) is 0 Å². The van der Waals surface area contributed by atoms with Crippen LogP contribution in [0.4, 0.5) is 0 Å². The molecule has 0 N–H and O–H groups in total. The van der Waals surface area contributed by atoms with Crippen molar-refractivity contribution in [3.05, 3.63) is 0 Å². The molecule has 0 radical (unpaired) electrons. The SMILES string of the molecule is CC[C@@H](CC(C)CCI)C1CC(C2CCCC2)CC(CCI)CC1[C@@H](C)S. The summed E-state index contributed by atoms with van der Waals surface area (Å²) < 4.78 is 2.65. The molecule has 0 nitrogen and oxygen atoms in total. The molecule has 160 valence electrons. The first kappa shape index (κ1) is 25.1. The predicted octanol–water partition coefficient (Wildman–Crippen LogP) is 8.85. The van der Waals surface area contributed by atoms with Crippen LogP contribution in [0.3, 0.4) is 0 Å². The monoisotopic (exact) mass is 618 g/mol. The van der Waals surface area contributed by atoms with Gasteiger partial charge in [0.25, 0.3) is 0 Å². The van der Waals surface area contributed by atoms with E-state index in [0.29, 0.717) is 5.25 Å². The van der Waals surface area contributed by atoms with Crippen molar-refractivity contribution in [3.8, 4) is 0 Å². The van der Waals surface area contributed by atoms with Crippen molar-refractivity contribution in [1.29, 1.82) is 0 Å². The summed E-state index contributed by atoms with van der Waals surface area (Å²) in [7, 11) is 0. The summed E-state index contributed by atoms with van der Waals surface area (Å²) in [6, 6.07) is 0. The highest BCUT2D eigenvalue weighted by atomic mass is 127. The van der Waals surface area contributed by atoms with Crippen LogP contribution in [0.1, 0.15) is 91.4 Å². The Labute approximate surface area is 203 Å². The van der Waals surface area contributed by atoms with Crippen molar-refractivity contribution in [2.24, 2.45) is 41.4 Å². The van der Waals surface area contributed by atoms with E-state index in [-0.39, 0.29) is 0 Å². The van der Waals surface area contributed by atoms with Crippen LogP contribution in [0.2, 0.25) is 0 Å². The normalized spacial score (nSPS) is 33.6. The molecule has 2 fully saturated rings. The second-order valence-electron chi connectivity index (χ2n) is 9.91. The molecule has 0 heterocycles. The Hall–Kier alpha value is 1.81. The van der Waals surface area contributed by atoms with Crippen LogP contribution in [0.15, 0.2) is 0 Å². The standard InChI is InChI=1S/C24H44I2S/c1-4-20(13-17(2)9-11-25)24-16-22(21-7-5-6-8-21)14-19(10-12-26)15-23(24)18(3)27/h17-24,27H,4-16H2,1-3H3/t17?,18-,19?,20+,22?,23?,24?/m1/s1. The number of hydrogen-bond donors (Lipinski definition) is 1. The summed E-state index contributed by atoms with van der Waals surface area (Å²) in [6.45, 7) is 7.38. The lowest BCUT2D eigenvalue weighted by molar-refractivity contribution is 0.146. The Morgan fingerprint density at radius 2 is 1.63 bits per heavy atom. The predicted molar refractivity (Wildman–Crippen MR) is 143 cm³/mol. The van der Waals surface area contributed by atoms with E-state index in [2.05, 4.69) is 66.0 Å². The molecule has 0 amide bonds. The summed E-state index contributed by atoms with van der Waals surface area (Å²) in [5, 5.41) is 0.558. The molecular formula is C24H44I2S. The highest BCUT2D eigenvalue weighted by Crippen LogP contribution is 2.49. The Bertz CT molecular complexity index is 394. The van der Waals surface area contributed by atoms with Gasteiger partial charge in [-0.2, -0.15) is 12.6 Å². The zero-order chi connectivity index (χ0) is 19.8. The number of thiol groups is 1. The van der Waals surface area contributed by atoms with Gasteiger partial charge in [-0.05, 0) is 88.8 Å². The van der Waals surface area contributed by atoms with Crippen LogP contribution >= 0.6 is 57.8 Å². The van der Waals surface area contributed by atoms with Crippen molar-refractivity contribution < 1.29 is 0 Å². The minimum absolute atomic E-state index is 0.558. The molecule has 0 aromatic carbocycles. The zero-order valence-corrected chi connectivity index (χ0v) is 23.2. The van der Waals surface area contributed by atoms with Crippen molar-refractivity contribution >= 4 is 57.8 Å². The van der Waals surface area contributed by atoms with E-state index in [9.17, 15) is 0 Å². The molecule has 27 heavy (non-hydrogen) atoms. The van der Waals surface area contributed by atoms with E-state index in [1.807, 2.05) is 0 Å².